The van der Waals surface area contributed by atoms with Crippen LogP contribution in [0.4, 0.5) is 49.9 Å². The zero-order chi connectivity index (χ0) is 34.9. The summed E-state index contributed by atoms with van der Waals surface area (Å²) in [5.74, 6) is -1.16. The first-order chi connectivity index (χ1) is 21.8. The molecule has 0 aromatic heterocycles. The summed E-state index contributed by atoms with van der Waals surface area (Å²) < 4.78 is 116. The van der Waals surface area contributed by atoms with Crippen LogP contribution in [0.5, 0.6) is 0 Å². The highest BCUT2D eigenvalue weighted by molar-refractivity contribution is 7.86. The van der Waals surface area contributed by atoms with Crippen molar-refractivity contribution < 1.29 is 43.3 Å². The summed E-state index contributed by atoms with van der Waals surface area (Å²) in [4.78, 5) is -2.64. The number of nitrogens with zero attached hydrogens (tertiary/aromatic N) is 6. The van der Waals surface area contributed by atoms with Crippen LogP contribution in [-0.2, 0) is 30.4 Å². The fourth-order valence-corrected chi connectivity index (χ4v) is 5.77. The van der Waals surface area contributed by atoms with Gasteiger partial charge in [0.1, 0.15) is 43.1 Å². The molecule has 0 amide bonds. The lowest BCUT2D eigenvalue weighted by atomic mass is 10.2. The van der Waals surface area contributed by atoms with Gasteiger partial charge in [-0.15, -0.1) is 25.6 Å². The molecule has 17 nitrogen and oxygen atoms in total. The minimum absolute atomic E-state index is 0.307. The maximum absolute atomic E-state index is 15.0. The number of aryl methyl sites for hydroxylation is 2. The monoisotopic (exact) mass is 706 g/mol. The van der Waals surface area contributed by atoms with Gasteiger partial charge in [-0.25, -0.2) is 4.39 Å². The third kappa shape index (κ3) is 8.21. The van der Waals surface area contributed by atoms with E-state index < -0.39 is 90.7 Å². The first-order valence-electron chi connectivity index (χ1n) is 12.7. The lowest BCUT2D eigenvalue weighted by Gasteiger charge is -2.11. The quantitative estimate of drug-likeness (QED) is 0.0702. The Bertz CT molecular complexity index is 2330. The average Bonchev–Trinajstić information content (AvgIpc) is 2.95. The molecule has 0 unspecified atom stereocenters. The van der Waals surface area contributed by atoms with Gasteiger partial charge in [-0.05, 0) is 55.8 Å². The van der Waals surface area contributed by atoms with E-state index in [-0.39, 0.29) is 0 Å². The Kier molecular flexibility index (Phi) is 9.61. The number of azo groups is 3. The van der Waals surface area contributed by atoms with Crippen LogP contribution >= 0.6 is 0 Å². The van der Waals surface area contributed by atoms with Crippen molar-refractivity contribution in [2.24, 2.45) is 30.7 Å². The number of hydrogen-bond donors (Lipinski definition) is 5. The van der Waals surface area contributed by atoms with E-state index in [1.165, 1.54) is 19.1 Å². The minimum Gasteiger partial charge on any atom is -0.396 e. The van der Waals surface area contributed by atoms with Crippen LogP contribution < -0.4 is 11.5 Å². The Balaban J connectivity index is 1.85. The van der Waals surface area contributed by atoms with Crippen molar-refractivity contribution in [2.75, 3.05) is 11.5 Å². The van der Waals surface area contributed by atoms with Gasteiger partial charge in [0.2, 0.25) is 0 Å². The summed E-state index contributed by atoms with van der Waals surface area (Å²) in [6.07, 6.45) is 0. The van der Waals surface area contributed by atoms with Crippen LogP contribution in [0.1, 0.15) is 11.1 Å². The van der Waals surface area contributed by atoms with Crippen molar-refractivity contribution in [3.63, 3.8) is 0 Å². The van der Waals surface area contributed by atoms with Crippen LogP contribution in [0.25, 0.3) is 0 Å². The zero-order valence-corrected chi connectivity index (χ0v) is 26.5. The molecule has 4 rings (SSSR count). The van der Waals surface area contributed by atoms with Gasteiger partial charge in [-0.3, -0.25) is 13.7 Å². The summed E-state index contributed by atoms with van der Waals surface area (Å²) >= 11 is 0. The molecular formula is C26H23FN8O9S3. The first kappa shape index (κ1) is 34.8. The molecule has 0 heterocycles. The molecule has 47 heavy (non-hydrogen) atoms. The largest absolute Gasteiger partial charge is 0.396 e. The number of nitrogen functional groups attached to an aromatic ring is 2. The lowest BCUT2D eigenvalue weighted by Crippen LogP contribution is -2.05. The molecule has 21 heteroatoms. The number of nitrogens with two attached hydrogens (primary N) is 2. The molecule has 0 saturated carbocycles. The predicted octanol–water partition coefficient (Wildman–Crippen LogP) is 6.59. The van der Waals surface area contributed by atoms with Gasteiger partial charge >= 0.3 is 0 Å². The van der Waals surface area contributed by atoms with Gasteiger partial charge < -0.3 is 11.5 Å². The van der Waals surface area contributed by atoms with Gasteiger partial charge in [0, 0.05) is 6.07 Å². The molecule has 0 aliphatic rings. The SMILES string of the molecule is Cc1ccc(N=Nc2cc(S(=O)(=O)O)c(N=Nc3c(N)c(N=Nc4ccc(C)cc4S(=O)(=O)O)cc(S(=O)(=O)O)c3N)cc2F)cc1. The second-order valence-electron chi connectivity index (χ2n) is 9.67. The van der Waals surface area contributed by atoms with Gasteiger partial charge in [0.25, 0.3) is 30.4 Å². The second-order valence-corrected chi connectivity index (χ2v) is 13.8. The lowest BCUT2D eigenvalue weighted by molar-refractivity contribution is 0.481. The van der Waals surface area contributed by atoms with Gasteiger partial charge in [0.05, 0.1) is 17.1 Å². The van der Waals surface area contributed by atoms with E-state index in [1.807, 2.05) is 6.92 Å². The molecule has 4 aromatic rings. The molecule has 0 aliphatic carbocycles. The maximum atomic E-state index is 15.0. The number of halogens is 1. The molecule has 4 aromatic carbocycles. The summed E-state index contributed by atoms with van der Waals surface area (Å²) in [6.45, 7) is 3.36. The van der Waals surface area contributed by atoms with E-state index >= 15 is 0 Å². The fraction of sp³-hybridized carbons (Fsp3) is 0.0769. The third-order valence-corrected chi connectivity index (χ3v) is 8.79. The molecule has 0 radical (unpaired) electrons. The molecule has 0 aliphatic heterocycles. The van der Waals surface area contributed by atoms with Crippen LogP contribution in [-0.4, -0.2) is 38.9 Å². The van der Waals surface area contributed by atoms with Crippen LogP contribution in [0.3, 0.4) is 0 Å². The smallest absolute Gasteiger partial charge is 0.296 e. The van der Waals surface area contributed by atoms with Crippen LogP contribution in [0, 0.1) is 19.7 Å². The minimum atomic E-state index is -5.11. The highest BCUT2D eigenvalue weighted by Gasteiger charge is 2.24. The molecule has 246 valence electrons. The Hall–Kier alpha value is -5.06. The molecular weight excluding hydrogens is 684 g/mol. The molecule has 0 saturated heterocycles. The van der Waals surface area contributed by atoms with Crippen molar-refractivity contribution in [1.82, 2.24) is 0 Å². The summed E-state index contributed by atoms with van der Waals surface area (Å²) in [5, 5.41) is 22.2. The van der Waals surface area contributed by atoms with Crippen molar-refractivity contribution >= 4 is 75.9 Å². The molecule has 0 spiro atoms. The van der Waals surface area contributed by atoms with Gasteiger partial charge in [-0.2, -0.15) is 30.4 Å². The van der Waals surface area contributed by atoms with Crippen molar-refractivity contribution in [3.8, 4) is 0 Å². The van der Waals surface area contributed by atoms with Crippen LogP contribution in [0.15, 0.2) is 106 Å². The Labute approximate surface area is 266 Å². The van der Waals surface area contributed by atoms with Crippen molar-refractivity contribution in [3.05, 3.63) is 77.6 Å². The van der Waals surface area contributed by atoms with Crippen molar-refractivity contribution in [2.45, 2.75) is 28.5 Å². The Morgan fingerprint density at radius 2 is 1.02 bits per heavy atom. The van der Waals surface area contributed by atoms with E-state index in [2.05, 4.69) is 30.7 Å². The van der Waals surface area contributed by atoms with E-state index in [9.17, 15) is 43.3 Å². The van der Waals surface area contributed by atoms with Gasteiger partial charge in [-0.1, -0.05) is 23.8 Å². The second kappa shape index (κ2) is 13.0. The van der Waals surface area contributed by atoms with E-state index in [0.29, 0.717) is 29.4 Å². The van der Waals surface area contributed by atoms with Crippen molar-refractivity contribution in [1.29, 1.82) is 0 Å². The highest BCUT2D eigenvalue weighted by Crippen LogP contribution is 2.44. The van der Waals surface area contributed by atoms with Gasteiger partial charge in [0.15, 0.2) is 5.82 Å². The average molecular weight is 707 g/mol. The van der Waals surface area contributed by atoms with E-state index in [1.54, 1.807) is 24.3 Å². The number of rotatable bonds is 9. The fourth-order valence-electron chi connectivity index (χ4n) is 3.81. The third-order valence-electron chi connectivity index (χ3n) is 6.13. The van der Waals surface area contributed by atoms with E-state index in [0.717, 1.165) is 11.6 Å². The number of hydrogen-bond acceptors (Lipinski definition) is 14. The first-order valence-corrected chi connectivity index (χ1v) is 17.0. The molecule has 0 fully saturated rings. The van der Waals surface area contributed by atoms with E-state index in [4.69, 9.17) is 11.5 Å². The number of anilines is 2. The summed E-state index contributed by atoms with van der Waals surface area (Å²) in [6, 6.07) is 12.1. The predicted molar refractivity (Wildman–Crippen MR) is 166 cm³/mol. The number of benzene rings is 4. The standard InChI is InChI=1S/C26H23FN8O9S3/c1-13-3-6-15(7-4-13)30-32-18-11-22(46(39,40)41)19(10-16(18)27)33-35-26-24(28)20(12-23(25(26)29)47(42,43)44)34-31-17-8-5-14(2)9-21(17)45(36,37)38/h3-12H,28-29H2,1-2H3,(H,36,37,38)(H,39,40,41)(H,42,43,44). The topological polar surface area (TPSA) is 289 Å². The zero-order valence-electron chi connectivity index (χ0n) is 24.0. The summed E-state index contributed by atoms with van der Waals surface area (Å²) in [5.41, 5.74) is 9.11. The normalized spacial score (nSPS) is 12.9. The van der Waals surface area contributed by atoms with Crippen LogP contribution in [0.2, 0.25) is 0 Å². The molecule has 0 atom stereocenters. The molecule has 0 bridgehead atoms. The maximum Gasteiger partial charge on any atom is 0.296 e. The summed E-state index contributed by atoms with van der Waals surface area (Å²) in [7, 11) is -15.0. The molecule has 7 N–H and O–H groups in total. The highest BCUT2D eigenvalue weighted by atomic mass is 32.2. The Morgan fingerprint density at radius 3 is 1.62 bits per heavy atom. The Morgan fingerprint density at radius 1 is 0.532 bits per heavy atom.